The summed E-state index contributed by atoms with van der Waals surface area (Å²) in [5.41, 5.74) is 0.969. The first-order chi connectivity index (χ1) is 5.90. The van der Waals surface area contributed by atoms with E-state index in [1.54, 1.807) is 7.11 Å². The first kappa shape index (κ1) is 13.0. The molecule has 0 saturated heterocycles. The lowest BCUT2D eigenvalue weighted by Crippen LogP contribution is -1.86. The van der Waals surface area contributed by atoms with Crippen molar-refractivity contribution >= 4 is 35.7 Å². The minimum absolute atomic E-state index is 0. The second-order valence-corrected chi connectivity index (χ2v) is 2.55. The molecule has 0 saturated carbocycles. The highest BCUT2D eigenvalue weighted by Crippen LogP contribution is 2.15. The van der Waals surface area contributed by atoms with Crippen LogP contribution in [-0.4, -0.2) is 12.1 Å². The van der Waals surface area contributed by atoms with E-state index in [2.05, 4.69) is 4.98 Å². The lowest BCUT2D eigenvalue weighted by atomic mass is 10.2. The molecular formula is C10H11Cl2NO. The van der Waals surface area contributed by atoms with E-state index in [0.717, 1.165) is 10.9 Å². The van der Waals surface area contributed by atoms with Crippen molar-refractivity contribution in [3.8, 4) is 5.88 Å². The van der Waals surface area contributed by atoms with Crippen LogP contribution in [0.1, 0.15) is 0 Å². The van der Waals surface area contributed by atoms with Gasteiger partial charge in [0, 0.05) is 11.5 Å². The zero-order valence-corrected chi connectivity index (χ0v) is 9.27. The second kappa shape index (κ2) is 5.68. The Labute approximate surface area is 95.1 Å². The van der Waals surface area contributed by atoms with Crippen LogP contribution in [0.2, 0.25) is 0 Å². The molecule has 0 aliphatic carbocycles. The minimum atomic E-state index is 0. The summed E-state index contributed by atoms with van der Waals surface area (Å²) in [7, 11) is 1.62. The van der Waals surface area contributed by atoms with E-state index >= 15 is 0 Å². The fourth-order valence-corrected chi connectivity index (χ4v) is 1.16. The van der Waals surface area contributed by atoms with Crippen molar-refractivity contribution < 1.29 is 4.74 Å². The van der Waals surface area contributed by atoms with E-state index in [-0.39, 0.29) is 24.8 Å². The summed E-state index contributed by atoms with van der Waals surface area (Å²) < 4.78 is 5.01. The Balaban J connectivity index is 0.000000845. The van der Waals surface area contributed by atoms with Gasteiger partial charge in [0.2, 0.25) is 5.88 Å². The molecule has 0 bridgehead atoms. The van der Waals surface area contributed by atoms with E-state index in [9.17, 15) is 0 Å². The Morgan fingerprint density at radius 2 is 1.71 bits per heavy atom. The molecule has 2 rings (SSSR count). The lowest BCUT2D eigenvalue weighted by molar-refractivity contribution is 0.399. The minimum Gasteiger partial charge on any atom is -0.481 e. The molecule has 76 valence electrons. The first-order valence-electron chi connectivity index (χ1n) is 3.80. The molecule has 0 fully saturated rings. The molecule has 2 nitrogen and oxygen atoms in total. The maximum Gasteiger partial charge on any atom is 0.213 e. The van der Waals surface area contributed by atoms with Gasteiger partial charge in [-0.2, -0.15) is 0 Å². The summed E-state index contributed by atoms with van der Waals surface area (Å²) in [5, 5.41) is 1.14. The van der Waals surface area contributed by atoms with Gasteiger partial charge in [-0.3, -0.25) is 0 Å². The van der Waals surface area contributed by atoms with Gasteiger partial charge in [0.05, 0.1) is 12.6 Å². The van der Waals surface area contributed by atoms with Crippen LogP contribution in [0.4, 0.5) is 0 Å². The predicted octanol–water partition coefficient (Wildman–Crippen LogP) is 3.09. The molecule has 4 heteroatoms. The maximum atomic E-state index is 5.01. The number of pyridine rings is 1. The molecule has 14 heavy (non-hydrogen) atoms. The Morgan fingerprint density at radius 3 is 2.43 bits per heavy atom. The largest absolute Gasteiger partial charge is 0.481 e. The van der Waals surface area contributed by atoms with Crippen molar-refractivity contribution in [2.75, 3.05) is 7.11 Å². The third-order valence-corrected chi connectivity index (χ3v) is 1.78. The summed E-state index contributed by atoms with van der Waals surface area (Å²) >= 11 is 0. The van der Waals surface area contributed by atoms with Gasteiger partial charge in [-0.15, -0.1) is 24.8 Å². The van der Waals surface area contributed by atoms with Crippen molar-refractivity contribution in [2.45, 2.75) is 0 Å². The van der Waals surface area contributed by atoms with Gasteiger partial charge in [0.15, 0.2) is 0 Å². The monoisotopic (exact) mass is 231 g/mol. The number of fused-ring (bicyclic) bond motifs is 1. The Kier molecular flexibility index (Phi) is 5.28. The molecule has 1 aromatic heterocycles. The molecule has 0 N–H and O–H groups in total. The number of methoxy groups -OCH3 is 1. The van der Waals surface area contributed by atoms with E-state index in [0.29, 0.717) is 5.88 Å². The normalized spacial score (nSPS) is 8.64. The number of hydrogen-bond acceptors (Lipinski definition) is 2. The van der Waals surface area contributed by atoms with Crippen LogP contribution >= 0.6 is 24.8 Å². The number of rotatable bonds is 1. The molecule has 0 radical (unpaired) electrons. The van der Waals surface area contributed by atoms with Crippen LogP contribution in [0.15, 0.2) is 36.4 Å². The van der Waals surface area contributed by atoms with Crippen LogP contribution in [0.25, 0.3) is 10.9 Å². The third kappa shape index (κ3) is 2.50. The molecule has 0 atom stereocenters. The summed E-state index contributed by atoms with van der Waals surface area (Å²) in [6, 6.07) is 11.8. The van der Waals surface area contributed by atoms with Gasteiger partial charge in [-0.25, -0.2) is 4.98 Å². The highest BCUT2D eigenvalue weighted by molar-refractivity contribution is 5.85. The van der Waals surface area contributed by atoms with Crippen LogP contribution in [-0.2, 0) is 0 Å². The summed E-state index contributed by atoms with van der Waals surface area (Å²) in [5.74, 6) is 0.661. The van der Waals surface area contributed by atoms with Crippen LogP contribution < -0.4 is 4.74 Å². The Bertz CT molecular complexity index is 406. The summed E-state index contributed by atoms with van der Waals surface area (Å²) in [6.07, 6.45) is 0. The fourth-order valence-electron chi connectivity index (χ4n) is 1.16. The van der Waals surface area contributed by atoms with Crippen molar-refractivity contribution in [3.05, 3.63) is 36.4 Å². The van der Waals surface area contributed by atoms with Crippen LogP contribution in [0, 0.1) is 0 Å². The Morgan fingerprint density at radius 1 is 1.00 bits per heavy atom. The molecular weight excluding hydrogens is 221 g/mol. The van der Waals surface area contributed by atoms with Crippen molar-refractivity contribution in [1.29, 1.82) is 0 Å². The third-order valence-electron chi connectivity index (χ3n) is 1.78. The quantitative estimate of drug-likeness (QED) is 0.753. The maximum absolute atomic E-state index is 5.01. The summed E-state index contributed by atoms with van der Waals surface area (Å²) in [4.78, 5) is 4.27. The first-order valence-corrected chi connectivity index (χ1v) is 3.80. The number of hydrogen-bond donors (Lipinski definition) is 0. The highest BCUT2D eigenvalue weighted by atomic mass is 35.5. The zero-order chi connectivity index (χ0) is 8.39. The van der Waals surface area contributed by atoms with Crippen molar-refractivity contribution in [1.82, 2.24) is 4.98 Å². The average molecular weight is 232 g/mol. The smallest absolute Gasteiger partial charge is 0.213 e. The SMILES string of the molecule is COc1ccc2ccccc2n1.Cl.Cl. The number of nitrogens with zero attached hydrogens (tertiary/aromatic N) is 1. The van der Waals surface area contributed by atoms with E-state index in [4.69, 9.17) is 4.74 Å². The van der Waals surface area contributed by atoms with Gasteiger partial charge in [0.25, 0.3) is 0 Å². The predicted molar refractivity (Wildman–Crippen MR) is 62.8 cm³/mol. The van der Waals surface area contributed by atoms with E-state index < -0.39 is 0 Å². The molecule has 0 spiro atoms. The standard InChI is InChI=1S/C10H9NO.2ClH/c1-12-10-7-6-8-4-2-3-5-9(8)11-10;;/h2-7H,1H3;2*1H. The molecule has 0 unspecified atom stereocenters. The van der Waals surface area contributed by atoms with E-state index in [1.165, 1.54) is 0 Å². The average Bonchev–Trinajstić information content (AvgIpc) is 2.17. The number of benzene rings is 1. The van der Waals surface area contributed by atoms with Gasteiger partial charge in [-0.1, -0.05) is 18.2 Å². The molecule has 1 heterocycles. The Hall–Kier alpha value is -0.990. The zero-order valence-electron chi connectivity index (χ0n) is 7.64. The number of halogens is 2. The summed E-state index contributed by atoms with van der Waals surface area (Å²) in [6.45, 7) is 0. The van der Waals surface area contributed by atoms with E-state index in [1.807, 2.05) is 36.4 Å². The number of para-hydroxylation sites is 1. The van der Waals surface area contributed by atoms with Crippen molar-refractivity contribution in [3.63, 3.8) is 0 Å². The van der Waals surface area contributed by atoms with Crippen LogP contribution in [0.3, 0.4) is 0 Å². The topological polar surface area (TPSA) is 22.1 Å². The van der Waals surface area contributed by atoms with Gasteiger partial charge in [0.1, 0.15) is 0 Å². The van der Waals surface area contributed by atoms with Gasteiger partial charge < -0.3 is 4.74 Å². The fraction of sp³-hybridized carbons (Fsp3) is 0.100. The molecule has 2 aromatic rings. The molecule has 1 aromatic carbocycles. The van der Waals surface area contributed by atoms with Gasteiger partial charge in [-0.05, 0) is 12.1 Å². The van der Waals surface area contributed by atoms with Crippen molar-refractivity contribution in [2.24, 2.45) is 0 Å². The lowest BCUT2D eigenvalue weighted by Gasteiger charge is -1.99. The number of aromatic nitrogens is 1. The molecule has 0 amide bonds. The molecule has 0 aliphatic heterocycles. The van der Waals surface area contributed by atoms with Gasteiger partial charge >= 0.3 is 0 Å². The highest BCUT2D eigenvalue weighted by Gasteiger charge is 1.94. The molecule has 0 aliphatic rings. The second-order valence-electron chi connectivity index (χ2n) is 2.55. The van der Waals surface area contributed by atoms with Crippen LogP contribution in [0.5, 0.6) is 5.88 Å². The number of ether oxygens (including phenoxy) is 1.